The molecule has 1 amide bonds. The van der Waals surface area contributed by atoms with E-state index in [1.54, 1.807) is 0 Å². The SMILES string of the molecule is COC(=O)C[C@H](NC(=O)c1ccn(C)c(=O)c1)C(=O)O. The van der Waals surface area contributed by atoms with E-state index in [4.69, 9.17) is 5.11 Å². The number of pyridine rings is 1. The zero-order valence-electron chi connectivity index (χ0n) is 11.0. The van der Waals surface area contributed by atoms with Crippen molar-refractivity contribution < 1.29 is 24.2 Å². The number of hydrogen-bond donors (Lipinski definition) is 2. The first-order valence-electron chi connectivity index (χ1n) is 5.62. The van der Waals surface area contributed by atoms with E-state index < -0.39 is 35.9 Å². The Morgan fingerprint density at radius 1 is 1.45 bits per heavy atom. The standard InChI is InChI=1S/C12H14N2O6/c1-14-4-3-7(5-9(14)15)11(17)13-8(12(18)19)6-10(16)20-2/h3-5,8H,6H2,1-2H3,(H,13,17)(H,18,19)/t8-/m0/s1. The highest BCUT2D eigenvalue weighted by Crippen LogP contribution is 2.00. The van der Waals surface area contributed by atoms with Gasteiger partial charge in [0.15, 0.2) is 0 Å². The summed E-state index contributed by atoms with van der Waals surface area (Å²) in [5.74, 6) is -2.88. The van der Waals surface area contributed by atoms with Crippen LogP contribution < -0.4 is 10.9 Å². The number of esters is 1. The molecule has 108 valence electrons. The van der Waals surface area contributed by atoms with Crippen LogP contribution in [0.1, 0.15) is 16.8 Å². The maximum atomic E-state index is 11.8. The number of amides is 1. The molecule has 1 heterocycles. The van der Waals surface area contributed by atoms with Gasteiger partial charge in [-0.25, -0.2) is 4.79 Å². The Morgan fingerprint density at radius 2 is 2.10 bits per heavy atom. The van der Waals surface area contributed by atoms with Crippen LogP contribution in [0.2, 0.25) is 0 Å². The summed E-state index contributed by atoms with van der Waals surface area (Å²) in [4.78, 5) is 45.2. The Balaban J connectivity index is 2.85. The first-order chi connectivity index (χ1) is 9.35. The van der Waals surface area contributed by atoms with Crippen LogP contribution in [0.5, 0.6) is 0 Å². The van der Waals surface area contributed by atoms with Gasteiger partial charge in [-0.2, -0.15) is 0 Å². The number of rotatable bonds is 5. The van der Waals surface area contributed by atoms with Crippen molar-refractivity contribution >= 4 is 17.8 Å². The third-order valence-corrected chi connectivity index (χ3v) is 2.57. The summed E-state index contributed by atoms with van der Waals surface area (Å²) >= 11 is 0. The smallest absolute Gasteiger partial charge is 0.326 e. The first-order valence-corrected chi connectivity index (χ1v) is 5.62. The maximum absolute atomic E-state index is 11.8. The van der Waals surface area contributed by atoms with Crippen molar-refractivity contribution in [1.29, 1.82) is 0 Å². The largest absolute Gasteiger partial charge is 0.480 e. The molecule has 0 spiro atoms. The van der Waals surface area contributed by atoms with E-state index in [0.29, 0.717) is 0 Å². The van der Waals surface area contributed by atoms with E-state index in [9.17, 15) is 19.2 Å². The number of ether oxygens (including phenoxy) is 1. The van der Waals surface area contributed by atoms with Crippen molar-refractivity contribution in [1.82, 2.24) is 9.88 Å². The minimum absolute atomic E-state index is 0.0178. The number of aromatic nitrogens is 1. The molecule has 0 saturated carbocycles. The van der Waals surface area contributed by atoms with Gasteiger partial charge in [-0.05, 0) is 6.07 Å². The molecule has 0 aliphatic heterocycles. The normalized spacial score (nSPS) is 11.5. The van der Waals surface area contributed by atoms with Crippen LogP contribution in [0, 0.1) is 0 Å². The molecule has 20 heavy (non-hydrogen) atoms. The fourth-order valence-corrected chi connectivity index (χ4v) is 1.38. The maximum Gasteiger partial charge on any atom is 0.326 e. The lowest BCUT2D eigenvalue weighted by atomic mass is 10.2. The van der Waals surface area contributed by atoms with Crippen molar-refractivity contribution in [3.05, 3.63) is 34.2 Å². The summed E-state index contributed by atoms with van der Waals surface area (Å²) in [5.41, 5.74) is -0.387. The molecular formula is C12H14N2O6. The van der Waals surface area contributed by atoms with Gasteiger partial charge < -0.3 is 19.7 Å². The highest BCUT2D eigenvalue weighted by molar-refractivity contribution is 5.97. The van der Waals surface area contributed by atoms with Gasteiger partial charge in [-0.15, -0.1) is 0 Å². The van der Waals surface area contributed by atoms with E-state index in [2.05, 4.69) is 10.1 Å². The lowest BCUT2D eigenvalue weighted by Crippen LogP contribution is -2.42. The third kappa shape index (κ3) is 3.94. The van der Waals surface area contributed by atoms with Crippen molar-refractivity contribution in [3.63, 3.8) is 0 Å². The summed E-state index contributed by atoms with van der Waals surface area (Å²) in [6.07, 6.45) is 0.885. The van der Waals surface area contributed by atoms with Crippen molar-refractivity contribution in [2.75, 3.05) is 7.11 Å². The Morgan fingerprint density at radius 3 is 2.60 bits per heavy atom. The predicted octanol–water partition coefficient (Wildman–Crippen LogP) is -0.869. The van der Waals surface area contributed by atoms with Gasteiger partial charge in [0.25, 0.3) is 11.5 Å². The summed E-state index contributed by atoms with van der Waals surface area (Å²) in [6.45, 7) is 0. The fraction of sp³-hybridized carbons (Fsp3) is 0.333. The van der Waals surface area contributed by atoms with Gasteiger partial charge in [0.2, 0.25) is 0 Å². The van der Waals surface area contributed by atoms with Crippen LogP contribution in [0.3, 0.4) is 0 Å². The first kappa shape index (κ1) is 15.4. The number of aliphatic carboxylic acids is 1. The summed E-state index contributed by atoms with van der Waals surface area (Å²) in [6, 6.07) is 1.03. The van der Waals surface area contributed by atoms with Crippen LogP contribution in [0.15, 0.2) is 23.1 Å². The van der Waals surface area contributed by atoms with Gasteiger partial charge in [-0.3, -0.25) is 14.4 Å². The highest BCUT2D eigenvalue weighted by atomic mass is 16.5. The zero-order valence-corrected chi connectivity index (χ0v) is 11.0. The quantitative estimate of drug-likeness (QED) is 0.678. The second-order valence-corrected chi connectivity index (χ2v) is 4.01. The van der Waals surface area contributed by atoms with E-state index in [1.165, 1.54) is 23.9 Å². The second-order valence-electron chi connectivity index (χ2n) is 4.01. The zero-order chi connectivity index (χ0) is 15.3. The molecule has 0 unspecified atom stereocenters. The Labute approximate surface area is 114 Å². The average Bonchev–Trinajstić information content (AvgIpc) is 2.40. The number of carbonyl (C=O) groups excluding carboxylic acids is 2. The predicted molar refractivity (Wildman–Crippen MR) is 67.2 cm³/mol. The van der Waals surface area contributed by atoms with Gasteiger partial charge in [0.05, 0.1) is 13.5 Å². The topological polar surface area (TPSA) is 115 Å². The molecule has 8 heteroatoms. The third-order valence-electron chi connectivity index (χ3n) is 2.57. The molecule has 1 aromatic rings. The molecule has 2 N–H and O–H groups in total. The molecule has 0 aliphatic carbocycles. The lowest BCUT2D eigenvalue weighted by molar-refractivity contribution is -0.147. The van der Waals surface area contributed by atoms with Gasteiger partial charge in [0.1, 0.15) is 6.04 Å². The summed E-state index contributed by atoms with van der Waals surface area (Å²) in [7, 11) is 2.63. The molecular weight excluding hydrogens is 268 g/mol. The van der Waals surface area contributed by atoms with Crippen LogP contribution in [0.4, 0.5) is 0 Å². The molecule has 1 aromatic heterocycles. The molecule has 8 nitrogen and oxygen atoms in total. The van der Waals surface area contributed by atoms with Crippen molar-refractivity contribution in [2.45, 2.75) is 12.5 Å². The summed E-state index contributed by atoms with van der Waals surface area (Å²) < 4.78 is 5.61. The molecule has 0 bridgehead atoms. The van der Waals surface area contributed by atoms with Crippen molar-refractivity contribution in [2.24, 2.45) is 7.05 Å². The number of carboxylic acids is 1. The Hall–Kier alpha value is -2.64. The van der Waals surface area contributed by atoms with Crippen LogP contribution >= 0.6 is 0 Å². The Bertz CT molecular complexity index is 592. The van der Waals surface area contributed by atoms with Crippen LogP contribution in [-0.4, -0.2) is 40.7 Å². The van der Waals surface area contributed by atoms with Gasteiger partial charge in [-0.1, -0.05) is 0 Å². The molecule has 0 radical (unpaired) electrons. The minimum atomic E-state index is -1.42. The van der Waals surface area contributed by atoms with E-state index in [-0.39, 0.29) is 5.56 Å². The molecule has 0 fully saturated rings. The van der Waals surface area contributed by atoms with Crippen LogP contribution in [-0.2, 0) is 21.4 Å². The highest BCUT2D eigenvalue weighted by Gasteiger charge is 2.24. The average molecular weight is 282 g/mol. The number of carboxylic acid groups (broad SMARTS) is 1. The van der Waals surface area contributed by atoms with Crippen molar-refractivity contribution in [3.8, 4) is 0 Å². The van der Waals surface area contributed by atoms with Gasteiger partial charge >= 0.3 is 11.9 Å². The second kappa shape index (κ2) is 6.50. The lowest BCUT2D eigenvalue weighted by Gasteiger charge is -2.13. The van der Waals surface area contributed by atoms with E-state index in [1.807, 2.05) is 0 Å². The number of carbonyl (C=O) groups is 3. The monoisotopic (exact) mass is 282 g/mol. The van der Waals surface area contributed by atoms with Crippen LogP contribution in [0.25, 0.3) is 0 Å². The minimum Gasteiger partial charge on any atom is -0.480 e. The van der Waals surface area contributed by atoms with Gasteiger partial charge in [0, 0.05) is 24.9 Å². The number of aryl methyl sites for hydroxylation is 1. The molecule has 1 rings (SSSR count). The molecule has 1 atom stereocenters. The number of nitrogens with zero attached hydrogens (tertiary/aromatic N) is 1. The number of methoxy groups -OCH3 is 1. The number of nitrogens with one attached hydrogen (secondary N) is 1. The fourth-order valence-electron chi connectivity index (χ4n) is 1.38. The van der Waals surface area contributed by atoms with E-state index in [0.717, 1.165) is 13.2 Å². The van der Waals surface area contributed by atoms with E-state index >= 15 is 0 Å². The molecule has 0 aromatic carbocycles. The Kier molecular flexibility index (Phi) is 5.01. The summed E-state index contributed by atoms with van der Waals surface area (Å²) in [5, 5.41) is 11.1. The number of hydrogen-bond acceptors (Lipinski definition) is 5. The molecule has 0 aliphatic rings. The molecule has 0 saturated heterocycles.